The van der Waals surface area contributed by atoms with Crippen molar-refractivity contribution in [3.63, 3.8) is 0 Å². The molecule has 1 fully saturated rings. The number of likely N-dealkylation sites (N-methyl/N-ethyl adjacent to an activating group) is 1. The molecule has 0 aliphatic heterocycles. The number of nitrogens with one attached hydrogen (secondary N) is 2. The molecule has 1 saturated carbocycles. The maximum atomic E-state index is 12.7. The van der Waals surface area contributed by atoms with Gasteiger partial charge >= 0.3 is 0 Å². The van der Waals surface area contributed by atoms with E-state index in [1.54, 1.807) is 30.1 Å². The van der Waals surface area contributed by atoms with E-state index < -0.39 is 6.04 Å². The van der Waals surface area contributed by atoms with E-state index in [0.717, 1.165) is 12.8 Å². The summed E-state index contributed by atoms with van der Waals surface area (Å²) in [5, 5.41) is 6.08. The first-order valence-corrected chi connectivity index (χ1v) is 11.5. The zero-order valence-corrected chi connectivity index (χ0v) is 19.9. The molecule has 0 aromatic heterocycles. The van der Waals surface area contributed by atoms with Gasteiger partial charge in [-0.3, -0.25) is 14.5 Å². The fourth-order valence-electron chi connectivity index (χ4n) is 3.98. The van der Waals surface area contributed by atoms with Gasteiger partial charge in [-0.2, -0.15) is 0 Å². The van der Waals surface area contributed by atoms with Gasteiger partial charge in [-0.05, 0) is 58.2 Å². The Morgan fingerprint density at radius 1 is 1.13 bits per heavy atom. The second-order valence-corrected chi connectivity index (χ2v) is 8.55. The van der Waals surface area contributed by atoms with E-state index in [2.05, 4.69) is 24.5 Å². The standard InChI is InChI=1S/C24H39N3O4/c1-7-30-21-13-12-19(14-22(21)31-8-2)25-23(28)15-27(6)18(5)24(29)26-20-11-9-10-16(3)17(20)4/h12-14,16-18,20H,7-11,15H2,1-6H3,(H,25,28)(H,26,29)/t16-,17-,18+,20+/m0/s1. The molecule has 1 aliphatic carbocycles. The molecule has 2 N–H and O–H groups in total. The summed E-state index contributed by atoms with van der Waals surface area (Å²) in [6, 6.07) is 5.15. The van der Waals surface area contributed by atoms with Crippen molar-refractivity contribution in [1.29, 1.82) is 0 Å². The summed E-state index contributed by atoms with van der Waals surface area (Å²) in [5.41, 5.74) is 0.632. The van der Waals surface area contributed by atoms with Gasteiger partial charge in [0.1, 0.15) is 0 Å². The summed E-state index contributed by atoms with van der Waals surface area (Å²) in [5.74, 6) is 2.12. The Morgan fingerprint density at radius 3 is 2.48 bits per heavy atom. The maximum absolute atomic E-state index is 12.7. The smallest absolute Gasteiger partial charge is 0.238 e. The van der Waals surface area contributed by atoms with Gasteiger partial charge in [0.05, 0.1) is 25.8 Å². The minimum Gasteiger partial charge on any atom is -0.490 e. The van der Waals surface area contributed by atoms with E-state index in [4.69, 9.17) is 9.47 Å². The molecular formula is C24H39N3O4. The molecule has 1 aromatic carbocycles. The minimum absolute atomic E-state index is 0.0269. The first-order valence-electron chi connectivity index (χ1n) is 11.5. The molecule has 7 nitrogen and oxygen atoms in total. The Kier molecular flexibility index (Phi) is 9.62. The molecule has 7 heteroatoms. The lowest BCUT2D eigenvalue weighted by Gasteiger charge is -2.36. The third-order valence-corrected chi connectivity index (χ3v) is 6.30. The highest BCUT2D eigenvalue weighted by atomic mass is 16.5. The number of anilines is 1. The van der Waals surface area contributed by atoms with Crippen molar-refractivity contribution in [2.24, 2.45) is 11.8 Å². The summed E-state index contributed by atoms with van der Waals surface area (Å²) >= 11 is 0. The van der Waals surface area contributed by atoms with Gasteiger partial charge in [0.15, 0.2) is 11.5 Å². The predicted octanol–water partition coefficient (Wildman–Crippen LogP) is 3.68. The lowest BCUT2D eigenvalue weighted by atomic mass is 9.78. The summed E-state index contributed by atoms with van der Waals surface area (Å²) in [4.78, 5) is 27.1. The van der Waals surface area contributed by atoms with Crippen LogP contribution >= 0.6 is 0 Å². The Balaban J connectivity index is 1.90. The summed E-state index contributed by atoms with van der Waals surface area (Å²) in [7, 11) is 1.79. The van der Waals surface area contributed by atoms with Crippen LogP contribution in [0, 0.1) is 11.8 Å². The molecular weight excluding hydrogens is 394 g/mol. The van der Waals surface area contributed by atoms with Gasteiger partial charge in [-0.25, -0.2) is 0 Å². The van der Waals surface area contributed by atoms with Crippen LogP contribution < -0.4 is 20.1 Å². The number of nitrogens with zero attached hydrogens (tertiary/aromatic N) is 1. The highest BCUT2D eigenvalue weighted by Crippen LogP contribution is 2.31. The zero-order chi connectivity index (χ0) is 23.0. The summed E-state index contributed by atoms with van der Waals surface area (Å²) in [6.07, 6.45) is 3.39. The molecule has 0 radical (unpaired) electrons. The Labute approximate surface area is 186 Å². The maximum Gasteiger partial charge on any atom is 0.238 e. The van der Waals surface area contributed by atoms with Gasteiger partial charge in [-0.15, -0.1) is 0 Å². The molecule has 174 valence electrons. The fraction of sp³-hybridized carbons (Fsp3) is 0.667. The Bertz CT molecular complexity index is 740. The molecule has 0 saturated heterocycles. The highest BCUT2D eigenvalue weighted by Gasteiger charge is 2.30. The van der Waals surface area contributed by atoms with E-state index in [1.165, 1.54) is 6.42 Å². The number of carbonyl (C=O) groups excluding carboxylic acids is 2. The van der Waals surface area contributed by atoms with Gasteiger partial charge in [-0.1, -0.05) is 26.7 Å². The lowest BCUT2D eigenvalue weighted by Crippen LogP contribution is -2.51. The molecule has 1 aliphatic rings. The van der Waals surface area contributed by atoms with Crippen LogP contribution in [0.3, 0.4) is 0 Å². The van der Waals surface area contributed by atoms with Crippen LogP contribution in [0.4, 0.5) is 5.69 Å². The third kappa shape index (κ3) is 7.13. The Hall–Kier alpha value is -2.28. The quantitative estimate of drug-likeness (QED) is 0.588. The first-order chi connectivity index (χ1) is 14.8. The van der Waals surface area contributed by atoms with Crippen LogP contribution in [0.2, 0.25) is 0 Å². The van der Waals surface area contributed by atoms with Crippen molar-refractivity contribution in [3.8, 4) is 11.5 Å². The SMILES string of the molecule is CCOc1ccc(NC(=O)CN(C)[C@H](C)C(=O)N[C@@H]2CCC[C@H](C)[C@@H]2C)cc1OCC. The molecule has 0 bridgehead atoms. The van der Waals surface area contributed by atoms with Crippen molar-refractivity contribution in [1.82, 2.24) is 10.2 Å². The minimum atomic E-state index is -0.394. The predicted molar refractivity (Wildman–Crippen MR) is 124 cm³/mol. The van der Waals surface area contributed by atoms with Crippen LogP contribution in [0.1, 0.15) is 53.9 Å². The largest absolute Gasteiger partial charge is 0.490 e. The van der Waals surface area contributed by atoms with E-state index in [0.29, 0.717) is 42.2 Å². The van der Waals surface area contributed by atoms with E-state index in [9.17, 15) is 9.59 Å². The Morgan fingerprint density at radius 2 is 1.81 bits per heavy atom. The van der Waals surface area contributed by atoms with Crippen molar-refractivity contribution in [3.05, 3.63) is 18.2 Å². The molecule has 31 heavy (non-hydrogen) atoms. The van der Waals surface area contributed by atoms with Crippen molar-refractivity contribution < 1.29 is 19.1 Å². The van der Waals surface area contributed by atoms with E-state index >= 15 is 0 Å². The first kappa shape index (κ1) is 25.0. The zero-order valence-electron chi connectivity index (χ0n) is 19.9. The van der Waals surface area contributed by atoms with Gasteiger partial charge < -0.3 is 20.1 Å². The number of hydrogen-bond donors (Lipinski definition) is 2. The summed E-state index contributed by atoms with van der Waals surface area (Å²) < 4.78 is 11.2. The van der Waals surface area contributed by atoms with E-state index in [-0.39, 0.29) is 24.4 Å². The summed E-state index contributed by atoms with van der Waals surface area (Å²) in [6.45, 7) is 11.3. The number of benzene rings is 1. The van der Waals surface area contributed by atoms with Crippen molar-refractivity contribution in [2.45, 2.75) is 66.0 Å². The third-order valence-electron chi connectivity index (χ3n) is 6.30. The number of hydrogen-bond acceptors (Lipinski definition) is 5. The van der Waals surface area contributed by atoms with Gasteiger partial charge in [0.2, 0.25) is 11.8 Å². The number of carbonyl (C=O) groups is 2. The average molecular weight is 434 g/mol. The monoisotopic (exact) mass is 433 g/mol. The van der Waals surface area contributed by atoms with Crippen LogP contribution in [-0.4, -0.2) is 55.6 Å². The molecule has 0 unspecified atom stereocenters. The second kappa shape index (κ2) is 11.9. The van der Waals surface area contributed by atoms with Crippen LogP contribution in [-0.2, 0) is 9.59 Å². The molecule has 1 aromatic rings. The highest BCUT2D eigenvalue weighted by molar-refractivity contribution is 5.93. The van der Waals surface area contributed by atoms with Crippen molar-refractivity contribution >= 4 is 17.5 Å². The number of amides is 2. The molecule has 0 spiro atoms. The van der Waals surface area contributed by atoms with Gasteiger partial charge in [0.25, 0.3) is 0 Å². The number of rotatable bonds is 10. The van der Waals surface area contributed by atoms with Crippen LogP contribution in [0.5, 0.6) is 11.5 Å². The molecule has 4 atom stereocenters. The number of ether oxygens (including phenoxy) is 2. The average Bonchev–Trinajstić information content (AvgIpc) is 2.72. The van der Waals surface area contributed by atoms with E-state index in [1.807, 2.05) is 20.8 Å². The topological polar surface area (TPSA) is 79.9 Å². The van der Waals surface area contributed by atoms with Crippen LogP contribution in [0.25, 0.3) is 0 Å². The van der Waals surface area contributed by atoms with Gasteiger partial charge in [0, 0.05) is 17.8 Å². The molecule has 0 heterocycles. The molecule has 2 rings (SSSR count). The fourth-order valence-corrected chi connectivity index (χ4v) is 3.98. The lowest BCUT2D eigenvalue weighted by molar-refractivity contribution is -0.127. The second-order valence-electron chi connectivity index (χ2n) is 8.55. The van der Waals surface area contributed by atoms with Crippen molar-refractivity contribution in [2.75, 3.05) is 32.1 Å². The van der Waals surface area contributed by atoms with Crippen LogP contribution in [0.15, 0.2) is 18.2 Å². The normalized spacial score (nSPS) is 22.0. The molecule has 2 amide bonds.